The summed E-state index contributed by atoms with van der Waals surface area (Å²) in [7, 11) is 0. The number of ether oxygens (including phenoxy) is 1. The Labute approximate surface area is 192 Å². The van der Waals surface area contributed by atoms with Gasteiger partial charge in [-0.05, 0) is 49.3 Å². The summed E-state index contributed by atoms with van der Waals surface area (Å²) in [5, 5.41) is 3.14. The standard InChI is InChI=1S/C27H36N2O3/c1-20(2)24-15-9-10-16-25(24)32-19-26(30)29(18-17-22-11-5-4-6-12-22)21(3)27(31)28-23-13-7-8-14-23/h4-6,9-12,15-16,20-21,23H,7-8,13-14,17-19H2,1-3H3,(H,28,31). The molecular formula is C27H36N2O3. The molecular weight excluding hydrogens is 400 g/mol. The van der Waals surface area contributed by atoms with Crippen molar-refractivity contribution in [3.63, 3.8) is 0 Å². The second kappa shape index (κ2) is 11.7. The van der Waals surface area contributed by atoms with E-state index in [1.807, 2.05) is 61.5 Å². The Hall–Kier alpha value is -2.82. The molecule has 0 spiro atoms. The smallest absolute Gasteiger partial charge is 0.261 e. The van der Waals surface area contributed by atoms with Crippen molar-refractivity contribution < 1.29 is 14.3 Å². The maximum atomic E-state index is 13.2. The molecule has 2 aromatic carbocycles. The van der Waals surface area contributed by atoms with Crippen molar-refractivity contribution >= 4 is 11.8 Å². The Morgan fingerprint density at radius 3 is 2.34 bits per heavy atom. The minimum atomic E-state index is -0.546. The van der Waals surface area contributed by atoms with Crippen LogP contribution < -0.4 is 10.1 Å². The van der Waals surface area contributed by atoms with Crippen LogP contribution in [0.3, 0.4) is 0 Å². The normalized spacial score (nSPS) is 14.9. The number of benzene rings is 2. The molecule has 1 atom stereocenters. The number of hydrogen-bond donors (Lipinski definition) is 1. The Balaban J connectivity index is 1.68. The van der Waals surface area contributed by atoms with Gasteiger partial charge in [-0.25, -0.2) is 0 Å². The fourth-order valence-electron chi connectivity index (χ4n) is 4.27. The van der Waals surface area contributed by atoms with Gasteiger partial charge in [-0.2, -0.15) is 0 Å². The molecule has 1 N–H and O–H groups in total. The van der Waals surface area contributed by atoms with Gasteiger partial charge in [-0.15, -0.1) is 0 Å². The quantitative estimate of drug-likeness (QED) is 0.587. The van der Waals surface area contributed by atoms with Crippen molar-refractivity contribution in [3.05, 3.63) is 65.7 Å². The summed E-state index contributed by atoms with van der Waals surface area (Å²) in [5.41, 5.74) is 2.21. The summed E-state index contributed by atoms with van der Waals surface area (Å²) in [4.78, 5) is 27.8. The molecule has 0 heterocycles. The third-order valence-electron chi connectivity index (χ3n) is 6.25. The summed E-state index contributed by atoms with van der Waals surface area (Å²) < 4.78 is 5.93. The summed E-state index contributed by atoms with van der Waals surface area (Å²) >= 11 is 0. The second-order valence-electron chi connectivity index (χ2n) is 8.97. The van der Waals surface area contributed by atoms with Gasteiger partial charge in [0, 0.05) is 12.6 Å². The molecule has 0 aromatic heterocycles. The van der Waals surface area contributed by atoms with Gasteiger partial charge >= 0.3 is 0 Å². The van der Waals surface area contributed by atoms with Crippen molar-refractivity contribution in [1.29, 1.82) is 0 Å². The Kier molecular flexibility index (Phi) is 8.72. The lowest BCUT2D eigenvalue weighted by Gasteiger charge is -2.30. The molecule has 32 heavy (non-hydrogen) atoms. The number of amides is 2. The maximum Gasteiger partial charge on any atom is 0.261 e. The first-order valence-corrected chi connectivity index (χ1v) is 11.8. The van der Waals surface area contributed by atoms with Crippen LogP contribution in [-0.4, -0.2) is 41.9 Å². The zero-order chi connectivity index (χ0) is 22.9. The minimum Gasteiger partial charge on any atom is -0.483 e. The van der Waals surface area contributed by atoms with E-state index in [-0.39, 0.29) is 24.5 Å². The number of nitrogens with zero attached hydrogens (tertiary/aromatic N) is 1. The molecule has 172 valence electrons. The van der Waals surface area contributed by atoms with Gasteiger partial charge in [0.1, 0.15) is 11.8 Å². The molecule has 5 heteroatoms. The third kappa shape index (κ3) is 6.59. The van der Waals surface area contributed by atoms with E-state index in [1.165, 1.54) is 0 Å². The van der Waals surface area contributed by atoms with Crippen LogP contribution in [0.15, 0.2) is 54.6 Å². The van der Waals surface area contributed by atoms with Crippen LogP contribution in [-0.2, 0) is 16.0 Å². The fraction of sp³-hybridized carbons (Fsp3) is 0.481. The topological polar surface area (TPSA) is 58.6 Å². The summed E-state index contributed by atoms with van der Waals surface area (Å²) in [6, 6.07) is 17.5. The number of nitrogens with one attached hydrogen (secondary N) is 1. The molecule has 0 bridgehead atoms. The zero-order valence-electron chi connectivity index (χ0n) is 19.5. The van der Waals surface area contributed by atoms with Gasteiger partial charge in [0.15, 0.2) is 6.61 Å². The van der Waals surface area contributed by atoms with Crippen LogP contribution in [0.1, 0.15) is 63.5 Å². The van der Waals surface area contributed by atoms with Crippen LogP contribution >= 0.6 is 0 Å². The highest BCUT2D eigenvalue weighted by Gasteiger charge is 2.28. The van der Waals surface area contributed by atoms with Gasteiger partial charge in [-0.1, -0.05) is 75.2 Å². The lowest BCUT2D eigenvalue weighted by molar-refractivity contribution is -0.141. The molecule has 1 fully saturated rings. The van der Waals surface area contributed by atoms with E-state index in [0.717, 1.165) is 42.6 Å². The van der Waals surface area contributed by atoms with Gasteiger partial charge in [-0.3, -0.25) is 9.59 Å². The average Bonchev–Trinajstić information content (AvgIpc) is 3.31. The number of rotatable bonds is 10. The van der Waals surface area contributed by atoms with E-state index in [4.69, 9.17) is 4.74 Å². The molecule has 0 aliphatic heterocycles. The molecule has 0 radical (unpaired) electrons. The third-order valence-corrected chi connectivity index (χ3v) is 6.25. The maximum absolute atomic E-state index is 13.2. The van der Waals surface area contributed by atoms with E-state index < -0.39 is 6.04 Å². The average molecular weight is 437 g/mol. The first-order chi connectivity index (χ1) is 15.5. The predicted molar refractivity (Wildman–Crippen MR) is 128 cm³/mol. The summed E-state index contributed by atoms with van der Waals surface area (Å²) in [6.45, 7) is 6.41. The van der Waals surface area contributed by atoms with Crippen LogP contribution in [0.25, 0.3) is 0 Å². The van der Waals surface area contributed by atoms with E-state index in [2.05, 4.69) is 19.2 Å². The summed E-state index contributed by atoms with van der Waals surface area (Å²) in [5.74, 6) is 0.767. The van der Waals surface area contributed by atoms with E-state index in [1.54, 1.807) is 4.90 Å². The predicted octanol–water partition coefficient (Wildman–Crippen LogP) is 4.71. The monoisotopic (exact) mass is 436 g/mol. The molecule has 0 saturated heterocycles. The Bertz CT molecular complexity index is 875. The molecule has 2 aromatic rings. The SMILES string of the molecule is CC(C)c1ccccc1OCC(=O)N(CCc1ccccc1)C(C)C(=O)NC1CCCC1. The number of para-hydroxylation sites is 1. The first kappa shape index (κ1) is 23.8. The van der Waals surface area contributed by atoms with Crippen LogP contribution in [0.5, 0.6) is 5.75 Å². The van der Waals surface area contributed by atoms with Crippen LogP contribution in [0.4, 0.5) is 0 Å². The molecule has 1 aliphatic rings. The lowest BCUT2D eigenvalue weighted by Crippen LogP contribution is -2.51. The van der Waals surface area contributed by atoms with Crippen molar-refractivity contribution in [2.24, 2.45) is 0 Å². The van der Waals surface area contributed by atoms with Crippen molar-refractivity contribution in [3.8, 4) is 5.75 Å². The van der Waals surface area contributed by atoms with Gasteiger partial charge < -0.3 is 15.0 Å². The lowest BCUT2D eigenvalue weighted by atomic mass is 10.0. The highest BCUT2D eigenvalue weighted by atomic mass is 16.5. The highest BCUT2D eigenvalue weighted by Crippen LogP contribution is 2.26. The van der Waals surface area contributed by atoms with Crippen molar-refractivity contribution in [1.82, 2.24) is 10.2 Å². The number of hydrogen-bond acceptors (Lipinski definition) is 3. The van der Waals surface area contributed by atoms with E-state index in [0.29, 0.717) is 18.9 Å². The van der Waals surface area contributed by atoms with Crippen molar-refractivity contribution in [2.75, 3.05) is 13.2 Å². The zero-order valence-corrected chi connectivity index (χ0v) is 19.5. The van der Waals surface area contributed by atoms with E-state index in [9.17, 15) is 9.59 Å². The highest BCUT2D eigenvalue weighted by molar-refractivity contribution is 5.88. The Morgan fingerprint density at radius 2 is 1.66 bits per heavy atom. The minimum absolute atomic E-state index is 0.0825. The van der Waals surface area contributed by atoms with Gasteiger partial charge in [0.2, 0.25) is 5.91 Å². The largest absolute Gasteiger partial charge is 0.483 e. The molecule has 3 rings (SSSR count). The van der Waals surface area contributed by atoms with Gasteiger partial charge in [0.25, 0.3) is 5.91 Å². The summed E-state index contributed by atoms with van der Waals surface area (Å²) in [6.07, 6.45) is 5.03. The molecule has 1 unspecified atom stereocenters. The number of carbonyl (C=O) groups is 2. The van der Waals surface area contributed by atoms with Crippen molar-refractivity contribution in [2.45, 2.75) is 70.9 Å². The molecule has 1 saturated carbocycles. The van der Waals surface area contributed by atoms with Crippen LogP contribution in [0, 0.1) is 0 Å². The second-order valence-corrected chi connectivity index (χ2v) is 8.97. The molecule has 5 nitrogen and oxygen atoms in total. The van der Waals surface area contributed by atoms with Crippen LogP contribution in [0.2, 0.25) is 0 Å². The van der Waals surface area contributed by atoms with E-state index >= 15 is 0 Å². The first-order valence-electron chi connectivity index (χ1n) is 11.8. The van der Waals surface area contributed by atoms with Gasteiger partial charge in [0.05, 0.1) is 0 Å². The molecule has 2 amide bonds. The number of carbonyl (C=O) groups excluding carboxylic acids is 2. The Morgan fingerprint density at radius 1 is 1.00 bits per heavy atom. The molecule has 1 aliphatic carbocycles. The fourth-order valence-corrected chi connectivity index (χ4v) is 4.27.